The van der Waals surface area contributed by atoms with Crippen LogP contribution in [0.4, 0.5) is 0 Å². The Kier molecular flexibility index (Phi) is 11.8. The highest BCUT2D eigenvalue weighted by Gasteiger charge is 2.38. The molecule has 1 saturated heterocycles. The van der Waals surface area contributed by atoms with Gasteiger partial charge in [-0.25, -0.2) is 4.79 Å². The van der Waals surface area contributed by atoms with Gasteiger partial charge >= 0.3 is 5.97 Å². The number of nitrogens with one attached hydrogen (secondary N) is 2. The molecular formula is C26H41N5O6. The highest BCUT2D eigenvalue weighted by molar-refractivity contribution is 5.94. The Morgan fingerprint density at radius 2 is 1.70 bits per heavy atom. The standard InChI is InChI=1S/C26H41N5O6/c1-16(2)14-19(28)23(33)30-21(15-17-8-10-18(32)11-9-17)24(34)29-20(6-3-4-12-27)25(35)31-13-5-7-22(31)26(36)37/h8-11,16,19-22,32H,3-7,12-15,27-28H2,1-2H3,(H,29,34)(H,30,33)(H,36,37). The summed E-state index contributed by atoms with van der Waals surface area (Å²) >= 11 is 0. The van der Waals surface area contributed by atoms with Crippen LogP contribution in [0.1, 0.15) is 57.9 Å². The van der Waals surface area contributed by atoms with Crippen molar-refractivity contribution in [2.24, 2.45) is 17.4 Å². The number of aliphatic carboxylic acids is 1. The van der Waals surface area contributed by atoms with Crippen molar-refractivity contribution in [3.8, 4) is 5.75 Å². The number of amides is 3. The van der Waals surface area contributed by atoms with Gasteiger partial charge in [0.25, 0.3) is 0 Å². The van der Waals surface area contributed by atoms with Crippen LogP contribution in [0.25, 0.3) is 0 Å². The van der Waals surface area contributed by atoms with Crippen molar-refractivity contribution in [1.29, 1.82) is 0 Å². The molecule has 0 aliphatic carbocycles. The Morgan fingerprint density at radius 3 is 2.30 bits per heavy atom. The summed E-state index contributed by atoms with van der Waals surface area (Å²) in [5.74, 6) is -2.34. The topological polar surface area (TPSA) is 188 Å². The first kappa shape index (κ1) is 30.0. The van der Waals surface area contributed by atoms with Gasteiger partial charge in [-0.15, -0.1) is 0 Å². The van der Waals surface area contributed by atoms with E-state index in [-0.39, 0.29) is 24.5 Å². The summed E-state index contributed by atoms with van der Waals surface area (Å²) < 4.78 is 0. The van der Waals surface area contributed by atoms with E-state index in [1.54, 1.807) is 12.1 Å². The Morgan fingerprint density at radius 1 is 1.05 bits per heavy atom. The van der Waals surface area contributed by atoms with Crippen LogP contribution in [0.3, 0.4) is 0 Å². The van der Waals surface area contributed by atoms with Gasteiger partial charge in [-0.3, -0.25) is 14.4 Å². The third kappa shape index (κ3) is 9.32. The first-order valence-corrected chi connectivity index (χ1v) is 12.9. The van der Waals surface area contributed by atoms with E-state index in [1.807, 2.05) is 13.8 Å². The first-order valence-electron chi connectivity index (χ1n) is 12.9. The van der Waals surface area contributed by atoms with Crippen LogP contribution in [0, 0.1) is 5.92 Å². The predicted octanol–water partition coefficient (Wildman–Crippen LogP) is 0.482. The van der Waals surface area contributed by atoms with E-state index in [9.17, 15) is 29.4 Å². The van der Waals surface area contributed by atoms with E-state index in [0.717, 1.165) is 0 Å². The number of hydrogen-bond donors (Lipinski definition) is 6. The number of aromatic hydroxyl groups is 1. The number of phenols is 1. The molecule has 206 valence electrons. The quantitative estimate of drug-likeness (QED) is 0.191. The Hall–Kier alpha value is -3.18. The molecule has 3 amide bonds. The summed E-state index contributed by atoms with van der Waals surface area (Å²) in [6, 6.07) is 2.52. The van der Waals surface area contributed by atoms with Crippen LogP contribution in [0.5, 0.6) is 5.75 Å². The molecule has 0 spiro atoms. The van der Waals surface area contributed by atoms with E-state index in [1.165, 1.54) is 17.0 Å². The van der Waals surface area contributed by atoms with Crippen LogP contribution < -0.4 is 22.1 Å². The fraction of sp³-hybridized carbons (Fsp3) is 0.615. The molecule has 37 heavy (non-hydrogen) atoms. The Balaban J connectivity index is 2.24. The molecule has 1 aliphatic rings. The lowest BCUT2D eigenvalue weighted by molar-refractivity contribution is -0.149. The van der Waals surface area contributed by atoms with Crippen LogP contribution in [-0.4, -0.2) is 76.1 Å². The molecule has 2 rings (SSSR count). The molecule has 0 radical (unpaired) electrons. The normalized spacial score (nSPS) is 17.8. The lowest BCUT2D eigenvalue weighted by Crippen LogP contribution is -2.57. The molecule has 4 atom stereocenters. The summed E-state index contributed by atoms with van der Waals surface area (Å²) in [5, 5.41) is 24.6. The van der Waals surface area contributed by atoms with Crippen LogP contribution >= 0.6 is 0 Å². The molecule has 4 unspecified atom stereocenters. The average Bonchev–Trinajstić information content (AvgIpc) is 3.34. The smallest absolute Gasteiger partial charge is 0.326 e. The summed E-state index contributed by atoms with van der Waals surface area (Å²) in [7, 11) is 0. The van der Waals surface area contributed by atoms with Gasteiger partial charge in [0.15, 0.2) is 0 Å². The number of carbonyl (C=O) groups is 4. The molecule has 11 nitrogen and oxygen atoms in total. The second-order valence-corrected chi connectivity index (χ2v) is 10.0. The number of hydrogen-bond acceptors (Lipinski definition) is 7. The minimum absolute atomic E-state index is 0.0666. The highest BCUT2D eigenvalue weighted by atomic mass is 16.4. The van der Waals surface area contributed by atoms with Crippen molar-refractivity contribution >= 4 is 23.7 Å². The first-order chi connectivity index (χ1) is 17.5. The van der Waals surface area contributed by atoms with Gasteiger partial charge in [0.05, 0.1) is 6.04 Å². The molecule has 1 heterocycles. The molecule has 8 N–H and O–H groups in total. The van der Waals surface area contributed by atoms with Gasteiger partial charge in [-0.1, -0.05) is 26.0 Å². The van der Waals surface area contributed by atoms with Crippen molar-refractivity contribution < 1.29 is 29.4 Å². The molecule has 0 saturated carbocycles. The minimum Gasteiger partial charge on any atom is -0.508 e. The van der Waals surface area contributed by atoms with Gasteiger partial charge in [-0.2, -0.15) is 0 Å². The zero-order valence-electron chi connectivity index (χ0n) is 21.7. The number of phenolic OH excluding ortho intramolecular Hbond substituents is 1. The number of benzene rings is 1. The maximum atomic E-state index is 13.4. The fourth-order valence-electron chi connectivity index (χ4n) is 4.48. The molecule has 11 heteroatoms. The number of carbonyl (C=O) groups excluding carboxylic acids is 3. The highest BCUT2D eigenvalue weighted by Crippen LogP contribution is 2.20. The summed E-state index contributed by atoms with van der Waals surface area (Å²) in [5.41, 5.74) is 12.3. The minimum atomic E-state index is -1.07. The zero-order valence-corrected chi connectivity index (χ0v) is 21.7. The SMILES string of the molecule is CC(C)CC(N)C(=O)NC(Cc1ccc(O)cc1)C(=O)NC(CCCCN)C(=O)N1CCCC1C(=O)O. The van der Waals surface area contributed by atoms with Crippen LogP contribution in [0.15, 0.2) is 24.3 Å². The van der Waals surface area contributed by atoms with Crippen molar-refractivity contribution in [3.05, 3.63) is 29.8 Å². The van der Waals surface area contributed by atoms with Crippen molar-refractivity contribution in [3.63, 3.8) is 0 Å². The summed E-state index contributed by atoms with van der Waals surface area (Å²) in [6.45, 7) is 4.60. The van der Waals surface area contributed by atoms with E-state index < -0.39 is 47.9 Å². The van der Waals surface area contributed by atoms with Crippen molar-refractivity contribution in [1.82, 2.24) is 15.5 Å². The zero-order chi connectivity index (χ0) is 27.5. The average molecular weight is 520 g/mol. The van der Waals surface area contributed by atoms with Gasteiger partial charge < -0.3 is 37.2 Å². The number of unbranched alkanes of at least 4 members (excludes halogenated alkanes) is 1. The molecular weight excluding hydrogens is 478 g/mol. The largest absolute Gasteiger partial charge is 0.508 e. The van der Waals surface area contributed by atoms with Crippen LogP contribution in [0.2, 0.25) is 0 Å². The van der Waals surface area contributed by atoms with Gasteiger partial charge in [0.1, 0.15) is 23.9 Å². The van der Waals surface area contributed by atoms with Gasteiger partial charge in [-0.05, 0) is 68.7 Å². The monoisotopic (exact) mass is 519 g/mol. The van der Waals surface area contributed by atoms with Crippen LogP contribution in [-0.2, 0) is 25.6 Å². The van der Waals surface area contributed by atoms with Crippen molar-refractivity contribution in [2.75, 3.05) is 13.1 Å². The molecule has 1 aromatic carbocycles. The third-order valence-electron chi connectivity index (χ3n) is 6.45. The number of nitrogens with zero attached hydrogens (tertiary/aromatic N) is 1. The summed E-state index contributed by atoms with van der Waals surface area (Å²) in [4.78, 5) is 52.5. The molecule has 0 bridgehead atoms. The maximum Gasteiger partial charge on any atom is 0.326 e. The fourth-order valence-corrected chi connectivity index (χ4v) is 4.48. The van der Waals surface area contributed by atoms with Gasteiger partial charge in [0.2, 0.25) is 17.7 Å². The molecule has 1 fully saturated rings. The number of carboxylic acid groups (broad SMARTS) is 1. The number of rotatable bonds is 14. The Labute approximate surface area is 217 Å². The number of carboxylic acids is 1. The van der Waals surface area contributed by atoms with Gasteiger partial charge in [0, 0.05) is 13.0 Å². The molecule has 1 aromatic rings. The lowest BCUT2D eigenvalue weighted by atomic mass is 10.0. The van der Waals surface area contributed by atoms with E-state index in [4.69, 9.17) is 11.5 Å². The second kappa shape index (κ2) is 14.5. The third-order valence-corrected chi connectivity index (χ3v) is 6.45. The molecule has 0 aromatic heterocycles. The predicted molar refractivity (Wildman–Crippen MR) is 138 cm³/mol. The number of nitrogens with two attached hydrogens (primary N) is 2. The molecule has 1 aliphatic heterocycles. The summed E-state index contributed by atoms with van der Waals surface area (Å²) in [6.07, 6.45) is 2.96. The van der Waals surface area contributed by atoms with E-state index in [2.05, 4.69) is 10.6 Å². The van der Waals surface area contributed by atoms with E-state index in [0.29, 0.717) is 50.8 Å². The van der Waals surface area contributed by atoms with Crippen molar-refractivity contribution in [2.45, 2.75) is 83.0 Å². The maximum absolute atomic E-state index is 13.4. The lowest BCUT2D eigenvalue weighted by Gasteiger charge is -2.29. The van der Waals surface area contributed by atoms with E-state index >= 15 is 0 Å². The second-order valence-electron chi connectivity index (χ2n) is 10.0. The number of likely N-dealkylation sites (tertiary alicyclic amines) is 1. The Bertz CT molecular complexity index is 923.